The molecular formula is C22H22Cl2N4OS. The molecule has 3 heterocycles. The number of benzene rings is 1. The first-order chi connectivity index (χ1) is 14.4. The molecule has 156 valence electrons. The number of nitrogens with one attached hydrogen (secondary N) is 1. The number of likely N-dealkylation sites (N-methyl/N-ethyl adjacent to an activating group) is 1. The van der Waals surface area contributed by atoms with Crippen molar-refractivity contribution < 1.29 is 4.42 Å². The van der Waals surface area contributed by atoms with E-state index in [0.717, 1.165) is 30.1 Å². The van der Waals surface area contributed by atoms with Gasteiger partial charge in [0.15, 0.2) is 5.11 Å². The normalized spacial score (nSPS) is 18.8. The van der Waals surface area contributed by atoms with Crippen molar-refractivity contribution in [2.24, 2.45) is 0 Å². The zero-order valence-electron chi connectivity index (χ0n) is 16.7. The summed E-state index contributed by atoms with van der Waals surface area (Å²) < 4.78 is 6.30. The van der Waals surface area contributed by atoms with Crippen LogP contribution in [0.15, 0.2) is 59.1 Å². The Morgan fingerprint density at radius 2 is 2.00 bits per heavy atom. The number of furan rings is 1. The molecule has 4 rings (SSSR count). The van der Waals surface area contributed by atoms with Gasteiger partial charge in [-0.2, -0.15) is 0 Å². The second kappa shape index (κ2) is 8.94. The van der Waals surface area contributed by atoms with Crippen LogP contribution < -0.4 is 5.32 Å². The number of thiocarbonyl (C=S) groups is 1. The van der Waals surface area contributed by atoms with Gasteiger partial charge in [0.1, 0.15) is 17.6 Å². The third kappa shape index (κ3) is 4.32. The molecule has 0 saturated carbocycles. The lowest BCUT2D eigenvalue weighted by molar-refractivity contribution is 0.250. The molecule has 8 heteroatoms. The second-order valence-electron chi connectivity index (χ2n) is 7.45. The maximum Gasteiger partial charge on any atom is 0.170 e. The van der Waals surface area contributed by atoms with Crippen molar-refractivity contribution in [1.29, 1.82) is 0 Å². The van der Waals surface area contributed by atoms with Crippen LogP contribution in [0.1, 0.15) is 23.5 Å². The Hall–Kier alpha value is -2.12. The third-order valence-electron chi connectivity index (χ3n) is 5.10. The zero-order chi connectivity index (χ0) is 21.3. The lowest BCUT2D eigenvalue weighted by Crippen LogP contribution is -2.35. The van der Waals surface area contributed by atoms with Gasteiger partial charge in [-0.25, -0.2) is 0 Å². The Labute approximate surface area is 191 Å². The highest BCUT2D eigenvalue weighted by Gasteiger charge is 2.41. The van der Waals surface area contributed by atoms with Crippen LogP contribution in [0.5, 0.6) is 0 Å². The van der Waals surface area contributed by atoms with Gasteiger partial charge in [0.25, 0.3) is 0 Å². The number of aromatic nitrogens is 1. The summed E-state index contributed by atoms with van der Waals surface area (Å²) >= 11 is 18.1. The molecule has 0 bridgehead atoms. The number of halogens is 2. The summed E-state index contributed by atoms with van der Waals surface area (Å²) in [7, 11) is 4.09. The van der Waals surface area contributed by atoms with E-state index in [1.807, 2.05) is 50.5 Å². The fraction of sp³-hybridized carbons (Fsp3) is 0.273. The highest BCUT2D eigenvalue weighted by molar-refractivity contribution is 7.80. The minimum atomic E-state index is -0.118. The Balaban J connectivity index is 1.71. The average Bonchev–Trinajstić information content (AvgIpc) is 3.31. The van der Waals surface area contributed by atoms with Crippen LogP contribution in [0.4, 0.5) is 0 Å². The maximum absolute atomic E-state index is 6.39. The predicted octanol–water partition coefficient (Wildman–Crippen LogP) is 5.18. The van der Waals surface area contributed by atoms with E-state index in [4.69, 9.17) is 39.8 Å². The van der Waals surface area contributed by atoms with Crippen molar-refractivity contribution >= 4 is 40.5 Å². The number of pyridine rings is 1. The monoisotopic (exact) mass is 460 g/mol. The summed E-state index contributed by atoms with van der Waals surface area (Å²) in [5, 5.41) is 5.27. The molecule has 0 amide bonds. The third-order valence-corrected chi connectivity index (χ3v) is 6.00. The molecule has 3 aromatic rings. The lowest BCUT2D eigenvalue weighted by Gasteiger charge is -2.27. The highest BCUT2D eigenvalue weighted by Crippen LogP contribution is 2.41. The molecule has 1 fully saturated rings. The van der Waals surface area contributed by atoms with E-state index in [1.54, 1.807) is 18.3 Å². The van der Waals surface area contributed by atoms with E-state index in [1.165, 1.54) is 0 Å². The topological polar surface area (TPSA) is 44.5 Å². The largest absolute Gasteiger partial charge is 0.459 e. The first-order valence-electron chi connectivity index (χ1n) is 9.62. The molecule has 0 unspecified atom stereocenters. The molecule has 1 aliphatic rings. The van der Waals surface area contributed by atoms with Gasteiger partial charge in [0.2, 0.25) is 0 Å². The molecule has 1 N–H and O–H groups in total. The van der Waals surface area contributed by atoms with E-state index in [-0.39, 0.29) is 12.1 Å². The summed E-state index contributed by atoms with van der Waals surface area (Å²) in [5.74, 6) is 1.49. The van der Waals surface area contributed by atoms with Crippen LogP contribution in [0, 0.1) is 0 Å². The lowest BCUT2D eigenvalue weighted by atomic mass is 10.0. The summed E-state index contributed by atoms with van der Waals surface area (Å²) in [5.41, 5.74) is 1.72. The molecular weight excluding hydrogens is 439 g/mol. The fourth-order valence-electron chi connectivity index (χ4n) is 3.61. The van der Waals surface area contributed by atoms with Gasteiger partial charge < -0.3 is 19.5 Å². The van der Waals surface area contributed by atoms with Crippen LogP contribution >= 0.6 is 35.4 Å². The van der Waals surface area contributed by atoms with E-state index >= 15 is 0 Å². The summed E-state index contributed by atoms with van der Waals surface area (Å²) in [6.07, 6.45) is 1.79. The van der Waals surface area contributed by atoms with Crippen molar-refractivity contribution in [3.05, 3.63) is 76.2 Å². The second-order valence-corrected chi connectivity index (χ2v) is 8.68. The predicted molar refractivity (Wildman–Crippen MR) is 125 cm³/mol. The number of rotatable bonds is 6. The molecule has 0 aliphatic carbocycles. The maximum atomic E-state index is 6.39. The van der Waals surface area contributed by atoms with Gasteiger partial charge >= 0.3 is 0 Å². The first-order valence-corrected chi connectivity index (χ1v) is 10.8. The zero-order valence-corrected chi connectivity index (χ0v) is 19.0. The Morgan fingerprint density at radius 1 is 1.17 bits per heavy atom. The number of hydrogen-bond donors (Lipinski definition) is 1. The molecule has 30 heavy (non-hydrogen) atoms. The van der Waals surface area contributed by atoms with Crippen LogP contribution in [0.25, 0.3) is 11.3 Å². The van der Waals surface area contributed by atoms with E-state index in [0.29, 0.717) is 20.9 Å². The van der Waals surface area contributed by atoms with Crippen molar-refractivity contribution in [2.75, 3.05) is 27.2 Å². The van der Waals surface area contributed by atoms with Crippen molar-refractivity contribution in [1.82, 2.24) is 20.1 Å². The molecule has 2 aromatic heterocycles. The van der Waals surface area contributed by atoms with Crippen LogP contribution in [0.3, 0.4) is 0 Å². The summed E-state index contributed by atoms with van der Waals surface area (Å²) in [6.45, 7) is 1.63. The van der Waals surface area contributed by atoms with Crippen LogP contribution in [-0.4, -0.2) is 47.1 Å². The average molecular weight is 461 g/mol. The van der Waals surface area contributed by atoms with Crippen molar-refractivity contribution in [3.63, 3.8) is 0 Å². The summed E-state index contributed by atoms with van der Waals surface area (Å²) in [4.78, 5) is 8.85. The van der Waals surface area contributed by atoms with E-state index in [2.05, 4.69) is 20.1 Å². The van der Waals surface area contributed by atoms with Gasteiger partial charge in [-0.15, -0.1) is 0 Å². The number of nitrogens with zero attached hydrogens (tertiary/aromatic N) is 3. The van der Waals surface area contributed by atoms with Gasteiger partial charge in [0.05, 0.1) is 16.8 Å². The minimum absolute atomic E-state index is 0.111. The van der Waals surface area contributed by atoms with Gasteiger partial charge in [-0.05, 0) is 68.8 Å². The molecule has 1 aliphatic heterocycles. The Bertz CT molecular complexity index is 1040. The van der Waals surface area contributed by atoms with E-state index < -0.39 is 0 Å². The molecule has 0 radical (unpaired) electrons. The Morgan fingerprint density at radius 3 is 2.70 bits per heavy atom. The van der Waals surface area contributed by atoms with Crippen molar-refractivity contribution in [3.8, 4) is 11.3 Å². The van der Waals surface area contributed by atoms with Crippen LogP contribution in [0.2, 0.25) is 10.0 Å². The molecule has 1 saturated heterocycles. The first kappa shape index (κ1) is 21.1. The fourth-order valence-corrected chi connectivity index (χ4v) is 4.44. The highest BCUT2D eigenvalue weighted by atomic mass is 35.5. The number of hydrogen-bond acceptors (Lipinski definition) is 4. The van der Waals surface area contributed by atoms with Crippen LogP contribution in [-0.2, 0) is 0 Å². The molecule has 2 atom stereocenters. The molecule has 1 aromatic carbocycles. The molecule has 5 nitrogen and oxygen atoms in total. The van der Waals surface area contributed by atoms with Gasteiger partial charge in [0, 0.05) is 29.9 Å². The van der Waals surface area contributed by atoms with Gasteiger partial charge in [-0.3, -0.25) is 4.98 Å². The Kier molecular flexibility index (Phi) is 6.29. The SMILES string of the molecule is CN(C)CCN1C(=S)N[C@H](c2ccccn2)[C@@H]1c1ccc(-c2ccc(Cl)cc2Cl)o1. The van der Waals surface area contributed by atoms with Gasteiger partial charge in [-0.1, -0.05) is 29.3 Å². The quantitative estimate of drug-likeness (QED) is 0.511. The summed E-state index contributed by atoms with van der Waals surface area (Å²) in [6, 6.07) is 15.0. The molecule has 0 spiro atoms. The smallest absolute Gasteiger partial charge is 0.170 e. The minimum Gasteiger partial charge on any atom is -0.459 e. The van der Waals surface area contributed by atoms with E-state index in [9.17, 15) is 0 Å². The standard InChI is InChI=1S/C22H22Cl2N4OS/c1-27(2)11-12-28-21(20(26-22(28)30)17-5-3-4-10-25-17)19-9-8-18(29-19)15-7-6-14(23)13-16(15)24/h3-10,13,20-21H,11-12H2,1-2H3,(H,26,30)/t20-,21+/m1/s1. The van der Waals surface area contributed by atoms with Crippen molar-refractivity contribution in [2.45, 2.75) is 12.1 Å².